The third-order valence-electron chi connectivity index (χ3n) is 3.43. The molecule has 116 valence electrons. The van der Waals surface area contributed by atoms with Crippen LogP contribution in [0, 0.1) is 6.92 Å². The Kier molecular flexibility index (Phi) is 4.35. The van der Waals surface area contributed by atoms with Crippen LogP contribution in [-0.2, 0) is 10.2 Å². The van der Waals surface area contributed by atoms with E-state index in [1.165, 1.54) is 11.3 Å². The summed E-state index contributed by atoms with van der Waals surface area (Å²) in [7, 11) is 0. The number of amides is 1. The molecule has 2 rings (SSSR count). The lowest BCUT2D eigenvalue weighted by Gasteiger charge is -2.24. The summed E-state index contributed by atoms with van der Waals surface area (Å²) in [5.74, 6) is -0.121. The van der Waals surface area contributed by atoms with Crippen molar-refractivity contribution in [2.24, 2.45) is 0 Å². The van der Waals surface area contributed by atoms with Crippen LogP contribution in [-0.4, -0.2) is 39.0 Å². The maximum atomic E-state index is 12.5. The molecule has 1 unspecified atom stereocenters. The van der Waals surface area contributed by atoms with Gasteiger partial charge in [-0.2, -0.15) is 11.8 Å². The van der Waals surface area contributed by atoms with E-state index in [2.05, 4.69) is 10.3 Å². The first-order chi connectivity index (χ1) is 9.66. The minimum Gasteiger partial charge on any atom is -0.479 e. The Balaban J connectivity index is 2.25. The number of aryl methyl sites for hydroxylation is 1. The SMILES string of the molecule is Cc1nc(C(C)(C)C)sc1C(=O)NC1(C(=O)O)CCSC1. The zero-order valence-corrected chi connectivity index (χ0v) is 14.3. The molecule has 0 radical (unpaired) electrons. The number of nitrogens with zero attached hydrogens (tertiary/aromatic N) is 1. The number of thiazole rings is 1. The molecule has 1 aliphatic heterocycles. The molecule has 0 aromatic carbocycles. The number of rotatable bonds is 3. The molecule has 5 nitrogen and oxygen atoms in total. The second kappa shape index (κ2) is 5.61. The second-order valence-corrected chi connectivity index (χ2v) is 8.43. The first-order valence-corrected chi connectivity index (χ1v) is 8.74. The number of carbonyl (C=O) groups is 2. The fourth-order valence-corrected chi connectivity index (χ4v) is 4.43. The first kappa shape index (κ1) is 16.3. The molecule has 1 amide bonds. The summed E-state index contributed by atoms with van der Waals surface area (Å²) in [6.45, 7) is 7.91. The molecule has 2 heterocycles. The number of carbonyl (C=O) groups excluding carboxylic acids is 1. The quantitative estimate of drug-likeness (QED) is 0.891. The average molecular weight is 328 g/mol. The van der Waals surface area contributed by atoms with Gasteiger partial charge in [0.2, 0.25) is 0 Å². The van der Waals surface area contributed by atoms with E-state index in [1.54, 1.807) is 18.7 Å². The highest BCUT2D eigenvalue weighted by molar-refractivity contribution is 7.99. The lowest BCUT2D eigenvalue weighted by molar-refractivity contribution is -0.143. The summed E-state index contributed by atoms with van der Waals surface area (Å²) in [4.78, 5) is 28.9. The molecule has 1 saturated heterocycles. The predicted molar refractivity (Wildman–Crippen MR) is 85.3 cm³/mol. The van der Waals surface area contributed by atoms with Crippen molar-refractivity contribution in [2.75, 3.05) is 11.5 Å². The number of hydrogen-bond acceptors (Lipinski definition) is 5. The largest absolute Gasteiger partial charge is 0.479 e. The molecule has 1 aromatic rings. The normalized spacial score (nSPS) is 22.3. The van der Waals surface area contributed by atoms with Crippen molar-refractivity contribution in [3.05, 3.63) is 15.6 Å². The number of thioether (sulfide) groups is 1. The predicted octanol–water partition coefficient (Wildman–Crippen LogP) is 2.44. The van der Waals surface area contributed by atoms with Gasteiger partial charge in [0.25, 0.3) is 5.91 Å². The molecule has 0 bridgehead atoms. The lowest BCUT2D eigenvalue weighted by atomic mass is 9.98. The Bertz CT molecular complexity index is 569. The van der Waals surface area contributed by atoms with Crippen LogP contribution in [0.3, 0.4) is 0 Å². The van der Waals surface area contributed by atoms with Crippen LogP contribution >= 0.6 is 23.1 Å². The molecule has 1 aliphatic rings. The summed E-state index contributed by atoms with van der Waals surface area (Å²) < 4.78 is 0. The van der Waals surface area contributed by atoms with E-state index in [0.29, 0.717) is 22.7 Å². The highest BCUT2D eigenvalue weighted by atomic mass is 32.2. The summed E-state index contributed by atoms with van der Waals surface area (Å²) in [5.41, 5.74) is -0.601. The molecule has 1 aromatic heterocycles. The van der Waals surface area contributed by atoms with Gasteiger partial charge in [0, 0.05) is 11.2 Å². The summed E-state index contributed by atoms with van der Waals surface area (Å²) in [6.07, 6.45) is 0.461. The van der Waals surface area contributed by atoms with Gasteiger partial charge < -0.3 is 10.4 Å². The van der Waals surface area contributed by atoms with Gasteiger partial charge in [0.05, 0.1) is 10.7 Å². The van der Waals surface area contributed by atoms with Crippen molar-refractivity contribution in [3.63, 3.8) is 0 Å². The molecule has 21 heavy (non-hydrogen) atoms. The molecule has 2 N–H and O–H groups in total. The van der Waals surface area contributed by atoms with Crippen LogP contribution in [0.5, 0.6) is 0 Å². The van der Waals surface area contributed by atoms with Gasteiger partial charge in [-0.05, 0) is 19.1 Å². The van der Waals surface area contributed by atoms with E-state index in [0.717, 1.165) is 10.8 Å². The molecular weight excluding hydrogens is 308 g/mol. The van der Waals surface area contributed by atoms with E-state index >= 15 is 0 Å². The fourth-order valence-electron chi connectivity index (χ4n) is 2.09. The van der Waals surface area contributed by atoms with Crippen LogP contribution in [0.25, 0.3) is 0 Å². The maximum Gasteiger partial charge on any atom is 0.330 e. The van der Waals surface area contributed by atoms with Crippen LogP contribution in [0.2, 0.25) is 0 Å². The van der Waals surface area contributed by atoms with Crippen molar-refractivity contribution >= 4 is 35.0 Å². The summed E-state index contributed by atoms with van der Waals surface area (Å²) in [6, 6.07) is 0. The fraction of sp³-hybridized carbons (Fsp3) is 0.643. The van der Waals surface area contributed by atoms with Gasteiger partial charge >= 0.3 is 5.97 Å². The lowest BCUT2D eigenvalue weighted by Crippen LogP contribution is -2.54. The molecule has 1 fully saturated rings. The molecule has 0 saturated carbocycles. The average Bonchev–Trinajstić information content (AvgIpc) is 2.95. The molecule has 1 atom stereocenters. The van der Waals surface area contributed by atoms with Crippen molar-refractivity contribution in [1.29, 1.82) is 0 Å². The Labute approximate surface area is 132 Å². The number of aliphatic carboxylic acids is 1. The van der Waals surface area contributed by atoms with Crippen molar-refractivity contribution in [3.8, 4) is 0 Å². The second-order valence-electron chi connectivity index (χ2n) is 6.33. The summed E-state index contributed by atoms with van der Waals surface area (Å²) in [5, 5.41) is 13.0. The molecule has 0 spiro atoms. The van der Waals surface area contributed by atoms with E-state index in [-0.39, 0.29) is 11.3 Å². The molecule has 7 heteroatoms. The van der Waals surface area contributed by atoms with Gasteiger partial charge in [0.1, 0.15) is 10.4 Å². The van der Waals surface area contributed by atoms with E-state index < -0.39 is 11.5 Å². The standard InChI is InChI=1S/C14H20N2O3S2/c1-8-9(21-11(15-8)13(2,3)4)10(17)16-14(12(18)19)5-6-20-7-14/h5-7H2,1-4H3,(H,16,17)(H,18,19). The highest BCUT2D eigenvalue weighted by Gasteiger charge is 2.44. The number of hydrogen-bond donors (Lipinski definition) is 2. The Morgan fingerprint density at radius 3 is 2.48 bits per heavy atom. The minimum atomic E-state index is -1.14. The number of nitrogens with one attached hydrogen (secondary N) is 1. The smallest absolute Gasteiger partial charge is 0.330 e. The summed E-state index contributed by atoms with van der Waals surface area (Å²) >= 11 is 2.90. The van der Waals surface area contributed by atoms with Crippen molar-refractivity contribution in [1.82, 2.24) is 10.3 Å². The van der Waals surface area contributed by atoms with Crippen molar-refractivity contribution < 1.29 is 14.7 Å². The third kappa shape index (κ3) is 3.23. The Morgan fingerprint density at radius 2 is 2.05 bits per heavy atom. The van der Waals surface area contributed by atoms with E-state index in [4.69, 9.17) is 0 Å². The van der Waals surface area contributed by atoms with E-state index in [1.807, 2.05) is 20.8 Å². The van der Waals surface area contributed by atoms with Crippen LogP contribution in [0.15, 0.2) is 0 Å². The van der Waals surface area contributed by atoms with Crippen LogP contribution < -0.4 is 5.32 Å². The number of carboxylic acids is 1. The zero-order valence-electron chi connectivity index (χ0n) is 12.6. The molecular formula is C14H20N2O3S2. The van der Waals surface area contributed by atoms with Gasteiger partial charge in [0.15, 0.2) is 0 Å². The zero-order chi connectivity index (χ0) is 15.8. The highest BCUT2D eigenvalue weighted by Crippen LogP contribution is 2.32. The van der Waals surface area contributed by atoms with Gasteiger partial charge in [-0.15, -0.1) is 11.3 Å². The topological polar surface area (TPSA) is 79.3 Å². The maximum absolute atomic E-state index is 12.5. The Morgan fingerprint density at radius 1 is 1.38 bits per heavy atom. The number of aromatic nitrogens is 1. The third-order valence-corrected chi connectivity index (χ3v) is 6.20. The molecule has 0 aliphatic carbocycles. The first-order valence-electron chi connectivity index (χ1n) is 6.77. The van der Waals surface area contributed by atoms with Crippen LogP contribution in [0.4, 0.5) is 0 Å². The monoisotopic (exact) mass is 328 g/mol. The van der Waals surface area contributed by atoms with Gasteiger partial charge in [-0.3, -0.25) is 4.79 Å². The van der Waals surface area contributed by atoms with Gasteiger partial charge in [-0.25, -0.2) is 9.78 Å². The van der Waals surface area contributed by atoms with E-state index in [9.17, 15) is 14.7 Å². The minimum absolute atomic E-state index is 0.123. The van der Waals surface area contributed by atoms with Gasteiger partial charge in [-0.1, -0.05) is 20.8 Å². The Hall–Kier alpha value is -1.08. The van der Waals surface area contributed by atoms with Crippen molar-refractivity contribution in [2.45, 2.75) is 45.1 Å². The van der Waals surface area contributed by atoms with Crippen LogP contribution in [0.1, 0.15) is 47.6 Å². The number of carboxylic acid groups (broad SMARTS) is 1.